The Balaban J connectivity index is 2.52. The van der Waals surface area contributed by atoms with Gasteiger partial charge in [0.05, 0.1) is 12.5 Å². The van der Waals surface area contributed by atoms with Gasteiger partial charge in [-0.15, -0.1) is 0 Å². The summed E-state index contributed by atoms with van der Waals surface area (Å²) in [5, 5.41) is 11.5. The lowest BCUT2D eigenvalue weighted by molar-refractivity contribution is 0.273. The Hall–Kier alpha value is -1.74. The van der Waals surface area contributed by atoms with E-state index in [1.165, 1.54) is 0 Å². The Labute approximate surface area is 98.6 Å². The van der Waals surface area contributed by atoms with E-state index in [-0.39, 0.29) is 12.5 Å². The van der Waals surface area contributed by atoms with E-state index < -0.39 is 0 Å². The second-order valence-electron chi connectivity index (χ2n) is 4.45. The summed E-state index contributed by atoms with van der Waals surface area (Å²) in [7, 11) is 0. The van der Waals surface area contributed by atoms with E-state index >= 15 is 0 Å². The normalized spacial score (nSPS) is 13.6. The van der Waals surface area contributed by atoms with Gasteiger partial charge in [0.25, 0.3) is 0 Å². The Morgan fingerprint density at radius 3 is 2.47 bits per heavy atom. The van der Waals surface area contributed by atoms with Crippen molar-refractivity contribution in [2.24, 2.45) is 0 Å². The van der Waals surface area contributed by atoms with Crippen LogP contribution in [-0.2, 0) is 0 Å². The number of fused-ring (bicyclic) bond motifs is 2. The average molecular weight is 230 g/mol. The van der Waals surface area contributed by atoms with E-state index in [0.717, 1.165) is 33.1 Å². The first-order chi connectivity index (χ1) is 8.24. The molecule has 0 amide bonds. The molecular weight excluding hydrogens is 216 g/mol. The number of rotatable bonds is 2. The molecule has 0 saturated heterocycles. The third kappa shape index (κ3) is 1.32. The van der Waals surface area contributed by atoms with Gasteiger partial charge in [-0.25, -0.2) is 0 Å². The highest BCUT2D eigenvalue weighted by atomic mass is 16.3. The van der Waals surface area contributed by atoms with Gasteiger partial charge in [0.2, 0.25) is 0 Å². The summed E-state index contributed by atoms with van der Waals surface area (Å²) >= 11 is 0. The first kappa shape index (κ1) is 10.4. The lowest BCUT2D eigenvalue weighted by Gasteiger charge is -2.11. The zero-order valence-corrected chi connectivity index (χ0v) is 9.86. The van der Waals surface area contributed by atoms with Crippen molar-refractivity contribution in [1.29, 1.82) is 0 Å². The molecule has 3 aromatic rings. The molecule has 1 unspecified atom stereocenters. The van der Waals surface area contributed by atoms with E-state index in [4.69, 9.17) is 8.83 Å². The predicted molar refractivity (Wildman–Crippen MR) is 66.2 cm³/mol. The van der Waals surface area contributed by atoms with Crippen LogP contribution in [0, 0.1) is 6.92 Å². The van der Waals surface area contributed by atoms with Crippen molar-refractivity contribution in [2.75, 3.05) is 6.61 Å². The minimum Gasteiger partial charge on any atom is -0.464 e. The number of aryl methyl sites for hydroxylation is 1. The Kier molecular flexibility index (Phi) is 2.23. The summed E-state index contributed by atoms with van der Waals surface area (Å²) in [6.07, 6.45) is 3.37. The fraction of sp³-hybridized carbons (Fsp3) is 0.286. The minimum absolute atomic E-state index is 0.0318. The number of hydrogen-bond donors (Lipinski definition) is 1. The maximum Gasteiger partial charge on any atom is 0.138 e. The summed E-state index contributed by atoms with van der Waals surface area (Å²) in [5.41, 5.74) is 3.86. The molecule has 3 heteroatoms. The molecule has 0 aliphatic carbocycles. The van der Waals surface area contributed by atoms with Crippen molar-refractivity contribution < 1.29 is 13.9 Å². The minimum atomic E-state index is 0.0318. The molecule has 2 aromatic heterocycles. The van der Waals surface area contributed by atoms with Crippen LogP contribution in [0.1, 0.15) is 24.0 Å². The molecule has 1 atom stereocenters. The summed E-state index contributed by atoms with van der Waals surface area (Å²) in [6, 6.07) is 3.88. The van der Waals surface area contributed by atoms with Gasteiger partial charge in [-0.3, -0.25) is 0 Å². The van der Waals surface area contributed by atoms with Crippen molar-refractivity contribution >= 4 is 21.9 Å². The first-order valence-corrected chi connectivity index (χ1v) is 5.71. The highest BCUT2D eigenvalue weighted by Crippen LogP contribution is 2.37. The molecule has 3 rings (SSSR count). The summed E-state index contributed by atoms with van der Waals surface area (Å²) in [6.45, 7) is 4.11. The number of benzene rings is 1. The van der Waals surface area contributed by atoms with Crippen molar-refractivity contribution in [3.63, 3.8) is 0 Å². The van der Waals surface area contributed by atoms with Crippen LogP contribution < -0.4 is 0 Å². The van der Waals surface area contributed by atoms with Crippen molar-refractivity contribution in [3.8, 4) is 0 Å². The van der Waals surface area contributed by atoms with Crippen LogP contribution >= 0.6 is 0 Å². The maximum absolute atomic E-state index is 9.38. The average Bonchev–Trinajstić information content (AvgIpc) is 2.96. The number of aliphatic hydroxyl groups is 1. The van der Waals surface area contributed by atoms with Gasteiger partial charge in [-0.1, -0.05) is 6.92 Å². The van der Waals surface area contributed by atoms with Crippen LogP contribution in [-0.4, -0.2) is 11.7 Å². The third-order valence-corrected chi connectivity index (χ3v) is 3.38. The predicted octanol–water partition coefficient (Wildman–Crippen LogP) is 3.58. The van der Waals surface area contributed by atoms with Crippen LogP contribution in [0.2, 0.25) is 0 Å². The molecule has 0 radical (unpaired) electrons. The quantitative estimate of drug-likeness (QED) is 0.731. The number of furan rings is 2. The standard InChI is InChI=1S/C14H14O3/c1-8(7-15)12-11-4-6-16-13(11)9(2)10-3-5-17-14(10)12/h3-6,8,15H,7H2,1-2H3. The number of hydrogen-bond acceptors (Lipinski definition) is 3. The van der Waals surface area contributed by atoms with Crippen LogP contribution in [0.5, 0.6) is 0 Å². The van der Waals surface area contributed by atoms with E-state index in [2.05, 4.69) is 0 Å². The Morgan fingerprint density at radius 2 is 1.76 bits per heavy atom. The molecule has 0 aliphatic rings. The lowest BCUT2D eigenvalue weighted by atomic mass is 9.94. The van der Waals surface area contributed by atoms with Crippen molar-refractivity contribution in [3.05, 3.63) is 35.8 Å². The molecule has 0 spiro atoms. The highest BCUT2D eigenvalue weighted by molar-refractivity contribution is 6.01. The van der Waals surface area contributed by atoms with Crippen LogP contribution in [0.3, 0.4) is 0 Å². The second-order valence-corrected chi connectivity index (χ2v) is 4.45. The molecular formula is C14H14O3. The van der Waals surface area contributed by atoms with E-state index in [1.807, 2.05) is 26.0 Å². The largest absolute Gasteiger partial charge is 0.464 e. The van der Waals surface area contributed by atoms with Gasteiger partial charge in [0.1, 0.15) is 11.2 Å². The fourth-order valence-electron chi connectivity index (χ4n) is 2.45. The fourth-order valence-corrected chi connectivity index (χ4v) is 2.45. The van der Waals surface area contributed by atoms with Crippen molar-refractivity contribution in [1.82, 2.24) is 0 Å². The summed E-state index contributed by atoms with van der Waals surface area (Å²) < 4.78 is 11.1. The number of aliphatic hydroxyl groups excluding tert-OH is 1. The molecule has 2 heterocycles. The summed E-state index contributed by atoms with van der Waals surface area (Å²) in [5.74, 6) is 0.0318. The highest BCUT2D eigenvalue weighted by Gasteiger charge is 2.19. The van der Waals surface area contributed by atoms with Gasteiger partial charge >= 0.3 is 0 Å². The molecule has 0 fully saturated rings. The molecule has 3 nitrogen and oxygen atoms in total. The zero-order valence-electron chi connectivity index (χ0n) is 9.86. The van der Waals surface area contributed by atoms with Gasteiger partial charge in [0, 0.05) is 34.4 Å². The molecule has 0 saturated carbocycles. The monoisotopic (exact) mass is 230 g/mol. The lowest BCUT2D eigenvalue weighted by Crippen LogP contribution is -2.00. The topological polar surface area (TPSA) is 46.5 Å². The van der Waals surface area contributed by atoms with Gasteiger partial charge in [-0.05, 0) is 19.1 Å². The van der Waals surface area contributed by atoms with E-state index in [9.17, 15) is 5.11 Å². The molecule has 1 aromatic carbocycles. The van der Waals surface area contributed by atoms with Crippen LogP contribution in [0.15, 0.2) is 33.5 Å². The van der Waals surface area contributed by atoms with Crippen molar-refractivity contribution in [2.45, 2.75) is 19.8 Å². The van der Waals surface area contributed by atoms with Gasteiger partial charge in [0.15, 0.2) is 0 Å². The maximum atomic E-state index is 9.38. The Morgan fingerprint density at radius 1 is 1.12 bits per heavy atom. The summed E-state index contributed by atoms with van der Waals surface area (Å²) in [4.78, 5) is 0. The smallest absolute Gasteiger partial charge is 0.138 e. The van der Waals surface area contributed by atoms with Gasteiger partial charge < -0.3 is 13.9 Å². The molecule has 0 bridgehead atoms. The SMILES string of the molecule is Cc1c2ccoc2c(C(C)CO)c2ccoc12. The van der Waals surface area contributed by atoms with E-state index in [1.54, 1.807) is 12.5 Å². The zero-order chi connectivity index (χ0) is 12.0. The van der Waals surface area contributed by atoms with Gasteiger partial charge in [-0.2, -0.15) is 0 Å². The molecule has 88 valence electrons. The van der Waals surface area contributed by atoms with Crippen LogP contribution in [0.4, 0.5) is 0 Å². The first-order valence-electron chi connectivity index (χ1n) is 5.71. The van der Waals surface area contributed by atoms with E-state index in [0.29, 0.717) is 0 Å². The Bertz CT molecular complexity index is 623. The molecule has 0 aliphatic heterocycles. The molecule has 17 heavy (non-hydrogen) atoms. The third-order valence-electron chi connectivity index (χ3n) is 3.38. The van der Waals surface area contributed by atoms with Crippen LogP contribution in [0.25, 0.3) is 21.9 Å². The second kappa shape index (κ2) is 3.64. The molecule has 1 N–H and O–H groups in total.